The molecule has 0 aliphatic rings. The standard InChI is InChI=1S/C21H15ClFN3O2S/c22-16-5-3-15(4-6-16)20(27)28-19-11-1-14(2-12-19)13-24-26-21(29)25-18-9-7-17(23)8-10-18/h1-13H,(H2,25,26,29)/b24-13+. The molecule has 0 fully saturated rings. The Balaban J connectivity index is 1.50. The van der Waals surface area contributed by atoms with Crippen LogP contribution in [0.1, 0.15) is 15.9 Å². The van der Waals surface area contributed by atoms with Crippen molar-refractivity contribution in [2.45, 2.75) is 0 Å². The van der Waals surface area contributed by atoms with Gasteiger partial charge in [0.05, 0.1) is 11.8 Å². The van der Waals surface area contributed by atoms with Crippen LogP contribution in [0.4, 0.5) is 10.1 Å². The maximum absolute atomic E-state index is 12.9. The first kappa shape index (κ1) is 20.4. The lowest BCUT2D eigenvalue weighted by atomic mass is 10.2. The zero-order chi connectivity index (χ0) is 20.6. The van der Waals surface area contributed by atoms with Gasteiger partial charge in [-0.15, -0.1) is 0 Å². The lowest BCUT2D eigenvalue weighted by Gasteiger charge is -2.06. The van der Waals surface area contributed by atoms with Gasteiger partial charge in [0.25, 0.3) is 0 Å². The topological polar surface area (TPSA) is 62.7 Å². The van der Waals surface area contributed by atoms with Crippen molar-refractivity contribution in [3.63, 3.8) is 0 Å². The fourth-order valence-electron chi connectivity index (χ4n) is 2.23. The Labute approximate surface area is 177 Å². The van der Waals surface area contributed by atoms with E-state index in [2.05, 4.69) is 15.8 Å². The molecule has 0 aliphatic carbocycles. The van der Waals surface area contributed by atoms with E-state index < -0.39 is 5.97 Å². The SMILES string of the molecule is O=C(Oc1ccc(/C=N/NC(=S)Nc2ccc(F)cc2)cc1)c1ccc(Cl)cc1. The number of rotatable bonds is 5. The summed E-state index contributed by atoms with van der Waals surface area (Å²) in [6.45, 7) is 0. The van der Waals surface area contributed by atoms with E-state index in [-0.39, 0.29) is 10.9 Å². The van der Waals surface area contributed by atoms with Crippen molar-refractivity contribution in [3.05, 3.63) is 94.8 Å². The fourth-order valence-corrected chi connectivity index (χ4v) is 2.53. The van der Waals surface area contributed by atoms with Crippen LogP contribution in [0.25, 0.3) is 0 Å². The molecule has 3 aromatic carbocycles. The van der Waals surface area contributed by atoms with Gasteiger partial charge in [0.2, 0.25) is 0 Å². The molecule has 0 radical (unpaired) electrons. The molecule has 0 saturated heterocycles. The summed E-state index contributed by atoms with van der Waals surface area (Å²) >= 11 is 10.9. The van der Waals surface area contributed by atoms with Crippen molar-refractivity contribution in [3.8, 4) is 5.75 Å². The number of carbonyl (C=O) groups is 1. The first-order chi connectivity index (χ1) is 14.0. The van der Waals surface area contributed by atoms with Gasteiger partial charge in [-0.05, 0) is 90.6 Å². The van der Waals surface area contributed by atoms with Crippen molar-refractivity contribution >= 4 is 46.8 Å². The van der Waals surface area contributed by atoms with Gasteiger partial charge < -0.3 is 10.1 Å². The van der Waals surface area contributed by atoms with Gasteiger partial charge in [0.1, 0.15) is 11.6 Å². The van der Waals surface area contributed by atoms with E-state index in [0.29, 0.717) is 22.0 Å². The fraction of sp³-hybridized carbons (Fsp3) is 0. The molecular formula is C21H15ClFN3O2S. The highest BCUT2D eigenvalue weighted by Crippen LogP contribution is 2.15. The number of hydrogen-bond acceptors (Lipinski definition) is 4. The molecule has 0 bridgehead atoms. The van der Waals surface area contributed by atoms with Crippen LogP contribution in [0.15, 0.2) is 77.9 Å². The van der Waals surface area contributed by atoms with Gasteiger partial charge >= 0.3 is 5.97 Å². The second-order valence-electron chi connectivity index (χ2n) is 5.80. The Bertz CT molecular complexity index is 1020. The maximum atomic E-state index is 12.9. The molecule has 0 amide bonds. The zero-order valence-corrected chi connectivity index (χ0v) is 16.5. The van der Waals surface area contributed by atoms with Crippen LogP contribution in [-0.4, -0.2) is 17.3 Å². The van der Waals surface area contributed by atoms with E-state index >= 15 is 0 Å². The minimum Gasteiger partial charge on any atom is -0.423 e. The molecule has 0 atom stereocenters. The monoisotopic (exact) mass is 427 g/mol. The first-order valence-electron chi connectivity index (χ1n) is 8.43. The van der Waals surface area contributed by atoms with Gasteiger partial charge in [0, 0.05) is 10.7 Å². The van der Waals surface area contributed by atoms with E-state index in [4.69, 9.17) is 28.6 Å². The smallest absolute Gasteiger partial charge is 0.343 e. The summed E-state index contributed by atoms with van der Waals surface area (Å²) in [5, 5.41) is 7.72. The molecule has 3 rings (SSSR count). The summed E-state index contributed by atoms with van der Waals surface area (Å²) in [5.74, 6) is -0.389. The average molecular weight is 428 g/mol. The minimum absolute atomic E-state index is 0.265. The Hall–Kier alpha value is -3.29. The summed E-state index contributed by atoms with van der Waals surface area (Å²) in [6, 6.07) is 19.0. The van der Waals surface area contributed by atoms with Gasteiger partial charge in [-0.2, -0.15) is 5.10 Å². The predicted molar refractivity (Wildman–Crippen MR) is 116 cm³/mol. The summed E-state index contributed by atoms with van der Waals surface area (Å²) in [4.78, 5) is 12.1. The normalized spacial score (nSPS) is 10.6. The van der Waals surface area contributed by atoms with Crippen molar-refractivity contribution in [1.82, 2.24) is 5.43 Å². The third-order valence-electron chi connectivity index (χ3n) is 3.65. The number of nitrogens with zero attached hydrogens (tertiary/aromatic N) is 1. The molecule has 0 aliphatic heterocycles. The molecule has 3 aromatic rings. The molecule has 2 N–H and O–H groups in total. The molecule has 0 spiro atoms. The number of anilines is 1. The Kier molecular flexibility index (Phi) is 6.89. The molecule has 146 valence electrons. The van der Waals surface area contributed by atoms with E-state index in [1.807, 2.05) is 0 Å². The van der Waals surface area contributed by atoms with Gasteiger partial charge in [0.15, 0.2) is 5.11 Å². The molecule has 8 heteroatoms. The Morgan fingerprint density at radius 3 is 2.31 bits per heavy atom. The summed E-state index contributed by atoms with van der Waals surface area (Å²) in [5.41, 5.74) is 4.49. The number of ether oxygens (including phenoxy) is 1. The predicted octanol–water partition coefficient (Wildman–Crippen LogP) is 5.02. The van der Waals surface area contributed by atoms with Crippen molar-refractivity contribution in [1.29, 1.82) is 0 Å². The van der Waals surface area contributed by atoms with E-state index in [1.54, 1.807) is 66.9 Å². The van der Waals surface area contributed by atoms with Crippen LogP contribution in [-0.2, 0) is 0 Å². The molecule has 0 unspecified atom stereocenters. The largest absolute Gasteiger partial charge is 0.423 e. The Morgan fingerprint density at radius 2 is 1.66 bits per heavy atom. The number of hydrogen-bond donors (Lipinski definition) is 2. The molecule has 0 aromatic heterocycles. The quantitative estimate of drug-likeness (QED) is 0.197. The van der Waals surface area contributed by atoms with Crippen LogP contribution in [0.5, 0.6) is 5.75 Å². The second-order valence-corrected chi connectivity index (χ2v) is 6.64. The van der Waals surface area contributed by atoms with Crippen LogP contribution in [0, 0.1) is 5.82 Å². The lowest BCUT2D eigenvalue weighted by Crippen LogP contribution is -2.23. The van der Waals surface area contributed by atoms with E-state index in [1.165, 1.54) is 12.1 Å². The first-order valence-corrected chi connectivity index (χ1v) is 9.22. The van der Waals surface area contributed by atoms with Crippen molar-refractivity contribution < 1.29 is 13.9 Å². The van der Waals surface area contributed by atoms with Crippen LogP contribution in [0.3, 0.4) is 0 Å². The average Bonchev–Trinajstić information content (AvgIpc) is 2.71. The van der Waals surface area contributed by atoms with Gasteiger partial charge in [-0.3, -0.25) is 5.43 Å². The van der Waals surface area contributed by atoms with Crippen molar-refractivity contribution in [2.24, 2.45) is 5.10 Å². The summed E-state index contributed by atoms with van der Waals surface area (Å²) in [7, 11) is 0. The number of halogens is 2. The summed E-state index contributed by atoms with van der Waals surface area (Å²) < 4.78 is 18.2. The summed E-state index contributed by atoms with van der Waals surface area (Å²) in [6.07, 6.45) is 1.56. The van der Waals surface area contributed by atoms with Gasteiger partial charge in [-0.1, -0.05) is 11.6 Å². The third kappa shape index (κ3) is 6.38. The van der Waals surface area contributed by atoms with Crippen LogP contribution in [0.2, 0.25) is 5.02 Å². The highest BCUT2D eigenvalue weighted by molar-refractivity contribution is 7.80. The van der Waals surface area contributed by atoms with Gasteiger partial charge in [-0.25, -0.2) is 9.18 Å². The number of thiocarbonyl (C=S) groups is 1. The zero-order valence-electron chi connectivity index (χ0n) is 14.9. The Morgan fingerprint density at radius 1 is 1.00 bits per heavy atom. The van der Waals surface area contributed by atoms with Crippen molar-refractivity contribution in [2.75, 3.05) is 5.32 Å². The molecule has 0 heterocycles. The molecular weight excluding hydrogens is 413 g/mol. The number of esters is 1. The number of hydrazone groups is 1. The van der Waals surface area contributed by atoms with E-state index in [9.17, 15) is 9.18 Å². The third-order valence-corrected chi connectivity index (χ3v) is 4.10. The van der Waals surface area contributed by atoms with Crippen LogP contribution >= 0.6 is 23.8 Å². The molecule has 0 saturated carbocycles. The number of nitrogens with one attached hydrogen (secondary N) is 2. The highest BCUT2D eigenvalue weighted by Gasteiger charge is 2.08. The second kappa shape index (κ2) is 9.77. The molecule has 29 heavy (non-hydrogen) atoms. The number of carbonyl (C=O) groups excluding carboxylic acids is 1. The number of benzene rings is 3. The lowest BCUT2D eigenvalue weighted by molar-refractivity contribution is 0.0735. The minimum atomic E-state index is -0.470. The van der Waals surface area contributed by atoms with E-state index in [0.717, 1.165) is 5.56 Å². The van der Waals surface area contributed by atoms with Crippen LogP contribution < -0.4 is 15.5 Å². The maximum Gasteiger partial charge on any atom is 0.343 e. The molecule has 5 nitrogen and oxygen atoms in total. The highest BCUT2D eigenvalue weighted by atomic mass is 35.5.